The van der Waals surface area contributed by atoms with Gasteiger partial charge in [-0.3, -0.25) is 0 Å². The normalized spacial score (nSPS) is 15.2. The van der Waals surface area contributed by atoms with E-state index in [1.165, 1.54) is 6.07 Å². The fourth-order valence-corrected chi connectivity index (χ4v) is 3.06. The van der Waals surface area contributed by atoms with Crippen LogP contribution >= 0.6 is 0 Å². The highest BCUT2D eigenvalue weighted by atomic mass is 19.1. The van der Waals surface area contributed by atoms with E-state index in [-0.39, 0.29) is 12.4 Å². The number of benzene rings is 2. The molecule has 4 nitrogen and oxygen atoms in total. The van der Waals surface area contributed by atoms with Gasteiger partial charge in [-0.15, -0.1) is 0 Å². The van der Waals surface area contributed by atoms with Gasteiger partial charge < -0.3 is 19.7 Å². The van der Waals surface area contributed by atoms with E-state index in [0.29, 0.717) is 5.56 Å². The SMILES string of the molecule is Fc1ccccc1COc1ccccc1C[NH2+]CC[NH+]1CCOCC1. The van der Waals surface area contributed by atoms with Crippen molar-refractivity contribution in [1.82, 2.24) is 0 Å². The zero-order valence-corrected chi connectivity index (χ0v) is 14.5. The Balaban J connectivity index is 1.47. The molecule has 5 heteroatoms. The average molecular weight is 346 g/mol. The summed E-state index contributed by atoms with van der Waals surface area (Å²) in [5.74, 6) is 0.612. The maximum atomic E-state index is 13.7. The Morgan fingerprint density at radius 2 is 1.72 bits per heavy atom. The summed E-state index contributed by atoms with van der Waals surface area (Å²) in [6.07, 6.45) is 0. The zero-order valence-electron chi connectivity index (χ0n) is 14.5. The van der Waals surface area contributed by atoms with Crippen LogP contribution in [-0.4, -0.2) is 39.4 Å². The van der Waals surface area contributed by atoms with Crippen LogP contribution in [0.2, 0.25) is 0 Å². The molecule has 0 unspecified atom stereocenters. The van der Waals surface area contributed by atoms with Crippen LogP contribution in [0.4, 0.5) is 4.39 Å². The summed E-state index contributed by atoms with van der Waals surface area (Å²) in [5, 5.41) is 2.31. The van der Waals surface area contributed by atoms with Gasteiger partial charge >= 0.3 is 0 Å². The minimum Gasteiger partial charge on any atom is -0.488 e. The first-order chi connectivity index (χ1) is 12.3. The van der Waals surface area contributed by atoms with Crippen LogP contribution in [-0.2, 0) is 17.9 Å². The number of rotatable bonds is 8. The van der Waals surface area contributed by atoms with Gasteiger partial charge in [-0.05, 0) is 18.2 Å². The van der Waals surface area contributed by atoms with E-state index in [2.05, 4.69) is 11.4 Å². The molecule has 0 aromatic heterocycles. The number of hydrogen-bond acceptors (Lipinski definition) is 2. The third kappa shape index (κ3) is 5.53. The molecule has 0 aliphatic carbocycles. The zero-order chi connectivity index (χ0) is 17.3. The summed E-state index contributed by atoms with van der Waals surface area (Å²) in [7, 11) is 0. The molecule has 1 fully saturated rings. The second kappa shape index (κ2) is 9.51. The van der Waals surface area contributed by atoms with Crippen LogP contribution in [0, 0.1) is 5.82 Å². The third-order valence-electron chi connectivity index (χ3n) is 4.58. The Bertz CT molecular complexity index is 660. The molecule has 0 saturated carbocycles. The van der Waals surface area contributed by atoms with E-state index in [9.17, 15) is 4.39 Å². The number of hydrogen-bond donors (Lipinski definition) is 2. The Hall–Kier alpha value is -1.95. The van der Waals surface area contributed by atoms with Gasteiger partial charge in [0.15, 0.2) is 0 Å². The summed E-state index contributed by atoms with van der Waals surface area (Å²) >= 11 is 0. The van der Waals surface area contributed by atoms with Gasteiger partial charge in [0.25, 0.3) is 0 Å². The molecule has 0 amide bonds. The number of para-hydroxylation sites is 1. The molecule has 134 valence electrons. The first-order valence-electron chi connectivity index (χ1n) is 9.00. The van der Waals surface area contributed by atoms with Crippen molar-refractivity contribution in [1.29, 1.82) is 0 Å². The highest BCUT2D eigenvalue weighted by Gasteiger charge is 2.14. The van der Waals surface area contributed by atoms with Crippen LogP contribution in [0.5, 0.6) is 5.75 Å². The Labute approximate surface area is 148 Å². The van der Waals surface area contributed by atoms with E-state index in [1.54, 1.807) is 17.0 Å². The summed E-state index contributed by atoms with van der Waals surface area (Å²) in [5.41, 5.74) is 1.73. The van der Waals surface area contributed by atoms with Gasteiger partial charge in [0.1, 0.15) is 50.9 Å². The minimum absolute atomic E-state index is 0.222. The Kier molecular flexibility index (Phi) is 6.79. The molecule has 3 N–H and O–H groups in total. The molecule has 25 heavy (non-hydrogen) atoms. The van der Waals surface area contributed by atoms with Crippen LogP contribution < -0.4 is 15.0 Å². The lowest BCUT2D eigenvalue weighted by molar-refractivity contribution is -0.920. The highest BCUT2D eigenvalue weighted by molar-refractivity contribution is 5.33. The molecule has 0 atom stereocenters. The molecule has 3 rings (SSSR count). The van der Waals surface area contributed by atoms with Crippen molar-refractivity contribution >= 4 is 0 Å². The lowest BCUT2D eigenvalue weighted by atomic mass is 10.2. The number of ether oxygens (including phenoxy) is 2. The fourth-order valence-electron chi connectivity index (χ4n) is 3.06. The molecule has 2 aromatic carbocycles. The smallest absolute Gasteiger partial charge is 0.129 e. The molecule has 0 radical (unpaired) electrons. The van der Waals surface area contributed by atoms with Gasteiger partial charge in [0.05, 0.1) is 13.2 Å². The number of nitrogens with two attached hydrogens (primary N) is 1. The average Bonchev–Trinajstić information content (AvgIpc) is 2.66. The minimum atomic E-state index is -0.222. The van der Waals surface area contributed by atoms with E-state index < -0.39 is 0 Å². The van der Waals surface area contributed by atoms with Crippen LogP contribution in [0.1, 0.15) is 11.1 Å². The lowest BCUT2D eigenvalue weighted by Crippen LogP contribution is -3.16. The summed E-state index contributed by atoms with van der Waals surface area (Å²) < 4.78 is 25.0. The van der Waals surface area contributed by atoms with Gasteiger partial charge in [-0.25, -0.2) is 4.39 Å². The van der Waals surface area contributed by atoms with Crippen molar-refractivity contribution in [3.63, 3.8) is 0 Å². The van der Waals surface area contributed by atoms with E-state index in [0.717, 1.165) is 57.3 Å². The van der Waals surface area contributed by atoms with Crippen molar-refractivity contribution in [3.8, 4) is 5.75 Å². The van der Waals surface area contributed by atoms with Crippen molar-refractivity contribution in [3.05, 3.63) is 65.5 Å². The summed E-state index contributed by atoms with van der Waals surface area (Å²) in [6, 6.07) is 14.8. The Morgan fingerprint density at radius 1 is 1.00 bits per heavy atom. The molecular formula is C20H27FN2O2+2. The van der Waals surface area contributed by atoms with Crippen molar-refractivity contribution < 1.29 is 24.1 Å². The monoisotopic (exact) mass is 346 g/mol. The molecule has 1 aliphatic heterocycles. The summed E-state index contributed by atoms with van der Waals surface area (Å²) in [6.45, 7) is 7.33. The molecule has 2 aromatic rings. The third-order valence-corrected chi connectivity index (χ3v) is 4.58. The fraction of sp³-hybridized carbons (Fsp3) is 0.400. The molecule has 0 bridgehead atoms. The number of quaternary nitrogens is 2. The van der Waals surface area contributed by atoms with Crippen LogP contribution in [0.3, 0.4) is 0 Å². The van der Waals surface area contributed by atoms with Gasteiger partial charge in [-0.2, -0.15) is 0 Å². The number of halogens is 1. The quantitative estimate of drug-likeness (QED) is 0.679. The first-order valence-corrected chi connectivity index (χ1v) is 9.00. The summed E-state index contributed by atoms with van der Waals surface area (Å²) in [4.78, 5) is 1.62. The lowest BCUT2D eigenvalue weighted by Gasteiger charge is -2.22. The molecule has 1 saturated heterocycles. The van der Waals surface area contributed by atoms with Crippen LogP contribution in [0.25, 0.3) is 0 Å². The maximum Gasteiger partial charge on any atom is 0.129 e. The second-order valence-corrected chi connectivity index (χ2v) is 6.38. The number of nitrogens with one attached hydrogen (secondary N) is 1. The topological polar surface area (TPSA) is 39.5 Å². The second-order valence-electron chi connectivity index (χ2n) is 6.38. The van der Waals surface area contributed by atoms with Gasteiger partial charge in [0.2, 0.25) is 0 Å². The standard InChI is InChI=1S/C20H25FN2O2/c21-19-7-3-1-6-18(19)16-25-20-8-4-2-5-17(20)15-22-9-10-23-11-13-24-14-12-23/h1-8,22H,9-16H2/p+2. The van der Waals surface area contributed by atoms with Gasteiger partial charge in [-0.1, -0.05) is 30.3 Å². The van der Waals surface area contributed by atoms with E-state index >= 15 is 0 Å². The van der Waals surface area contributed by atoms with Crippen molar-refractivity contribution in [2.45, 2.75) is 13.2 Å². The van der Waals surface area contributed by atoms with Gasteiger partial charge in [0, 0.05) is 11.1 Å². The predicted molar refractivity (Wildman–Crippen MR) is 94.1 cm³/mol. The molecule has 0 spiro atoms. The molecular weight excluding hydrogens is 319 g/mol. The van der Waals surface area contributed by atoms with Crippen molar-refractivity contribution in [2.75, 3.05) is 39.4 Å². The molecule has 1 aliphatic rings. The largest absolute Gasteiger partial charge is 0.488 e. The first kappa shape index (κ1) is 17.9. The Morgan fingerprint density at radius 3 is 2.52 bits per heavy atom. The van der Waals surface area contributed by atoms with Crippen molar-refractivity contribution in [2.24, 2.45) is 0 Å². The predicted octanol–water partition coefficient (Wildman–Crippen LogP) is 0.383. The number of morpholine rings is 1. The van der Waals surface area contributed by atoms with E-state index in [1.807, 2.05) is 24.3 Å². The highest BCUT2D eigenvalue weighted by Crippen LogP contribution is 2.19. The van der Waals surface area contributed by atoms with E-state index in [4.69, 9.17) is 9.47 Å². The maximum absolute atomic E-state index is 13.7. The molecule has 1 heterocycles. The van der Waals surface area contributed by atoms with Crippen LogP contribution in [0.15, 0.2) is 48.5 Å².